The second kappa shape index (κ2) is 9.40. The molecule has 33 heavy (non-hydrogen) atoms. The summed E-state index contributed by atoms with van der Waals surface area (Å²) in [6.07, 6.45) is 5.11. The number of piperazine rings is 1. The molecule has 174 valence electrons. The Morgan fingerprint density at radius 2 is 1.79 bits per heavy atom. The van der Waals surface area contributed by atoms with Gasteiger partial charge in [-0.05, 0) is 62.1 Å². The maximum atomic E-state index is 14.4. The van der Waals surface area contributed by atoms with Crippen molar-refractivity contribution in [2.24, 2.45) is 0 Å². The van der Waals surface area contributed by atoms with Crippen LogP contribution >= 0.6 is 0 Å². The molecule has 2 aromatic rings. The predicted molar refractivity (Wildman–Crippen MR) is 122 cm³/mol. The summed E-state index contributed by atoms with van der Waals surface area (Å²) < 4.78 is 44.7. The van der Waals surface area contributed by atoms with Gasteiger partial charge in [-0.15, -0.1) is 0 Å². The molecule has 1 amide bonds. The van der Waals surface area contributed by atoms with Crippen molar-refractivity contribution < 1.29 is 22.3 Å². The van der Waals surface area contributed by atoms with Crippen molar-refractivity contribution in [1.29, 1.82) is 5.26 Å². The van der Waals surface area contributed by atoms with Gasteiger partial charge in [-0.25, -0.2) is 12.8 Å². The van der Waals surface area contributed by atoms with Crippen molar-refractivity contribution in [2.75, 3.05) is 37.3 Å². The van der Waals surface area contributed by atoms with E-state index >= 15 is 0 Å². The van der Waals surface area contributed by atoms with Crippen LogP contribution < -0.4 is 9.64 Å². The van der Waals surface area contributed by atoms with Crippen LogP contribution in [0, 0.1) is 17.1 Å². The van der Waals surface area contributed by atoms with E-state index in [2.05, 4.69) is 0 Å². The van der Waals surface area contributed by atoms with E-state index in [4.69, 9.17) is 10.00 Å². The van der Waals surface area contributed by atoms with Crippen molar-refractivity contribution in [3.63, 3.8) is 0 Å². The molecule has 1 saturated carbocycles. The number of anilines is 1. The number of halogens is 1. The van der Waals surface area contributed by atoms with E-state index < -0.39 is 15.7 Å². The highest BCUT2D eigenvalue weighted by molar-refractivity contribution is 7.90. The number of amides is 1. The summed E-state index contributed by atoms with van der Waals surface area (Å²) >= 11 is 0. The summed E-state index contributed by atoms with van der Waals surface area (Å²) in [6, 6.07) is 10.7. The number of nitrogens with zero attached hydrogens (tertiary/aromatic N) is 3. The summed E-state index contributed by atoms with van der Waals surface area (Å²) in [6.45, 7) is 1.53. The molecule has 1 aliphatic carbocycles. The fourth-order valence-electron chi connectivity index (χ4n) is 4.35. The van der Waals surface area contributed by atoms with Crippen LogP contribution in [0.5, 0.6) is 5.75 Å². The number of ether oxygens (including phenoxy) is 1. The van der Waals surface area contributed by atoms with Gasteiger partial charge in [0.1, 0.15) is 11.6 Å². The zero-order valence-corrected chi connectivity index (χ0v) is 19.3. The third-order valence-corrected chi connectivity index (χ3v) is 7.30. The molecule has 2 aliphatic rings. The van der Waals surface area contributed by atoms with Gasteiger partial charge in [0.2, 0.25) is 0 Å². The number of hydrogen-bond donors (Lipinski definition) is 0. The van der Waals surface area contributed by atoms with Gasteiger partial charge in [0.15, 0.2) is 9.84 Å². The summed E-state index contributed by atoms with van der Waals surface area (Å²) in [7, 11) is -3.49. The lowest BCUT2D eigenvalue weighted by Gasteiger charge is -2.36. The topological polar surface area (TPSA) is 90.7 Å². The minimum absolute atomic E-state index is 0.0249. The highest BCUT2D eigenvalue weighted by Gasteiger charge is 2.28. The maximum Gasteiger partial charge on any atom is 0.257 e. The van der Waals surface area contributed by atoms with Gasteiger partial charge >= 0.3 is 0 Å². The van der Waals surface area contributed by atoms with E-state index in [1.807, 2.05) is 11.0 Å². The van der Waals surface area contributed by atoms with E-state index in [0.29, 0.717) is 37.6 Å². The first-order chi connectivity index (χ1) is 15.8. The van der Waals surface area contributed by atoms with Gasteiger partial charge in [-0.2, -0.15) is 5.26 Å². The van der Waals surface area contributed by atoms with Crippen LogP contribution in [0.2, 0.25) is 0 Å². The highest BCUT2D eigenvalue weighted by atomic mass is 32.2. The molecule has 0 atom stereocenters. The minimum Gasteiger partial charge on any atom is -0.490 e. The maximum absolute atomic E-state index is 14.4. The second-order valence-corrected chi connectivity index (χ2v) is 10.5. The molecule has 4 rings (SSSR count). The molecule has 0 N–H and O–H groups in total. The van der Waals surface area contributed by atoms with Crippen molar-refractivity contribution >= 4 is 21.4 Å². The first-order valence-corrected chi connectivity index (χ1v) is 12.9. The average molecular weight is 472 g/mol. The molecule has 0 bridgehead atoms. The second-order valence-electron chi connectivity index (χ2n) is 8.51. The fraction of sp³-hybridized carbons (Fsp3) is 0.417. The molecule has 1 aliphatic heterocycles. The van der Waals surface area contributed by atoms with Gasteiger partial charge in [0.25, 0.3) is 5.91 Å². The molecule has 0 unspecified atom stereocenters. The summed E-state index contributed by atoms with van der Waals surface area (Å²) in [5.74, 6) is -0.366. The van der Waals surface area contributed by atoms with Gasteiger partial charge in [0, 0.05) is 32.4 Å². The molecule has 0 radical (unpaired) electrons. The molecule has 1 heterocycles. The molecular weight excluding hydrogens is 445 g/mol. The first-order valence-electron chi connectivity index (χ1n) is 11.0. The number of sulfone groups is 1. The normalized spacial score (nSPS) is 17.1. The quantitative estimate of drug-likeness (QED) is 0.664. The van der Waals surface area contributed by atoms with E-state index in [1.165, 1.54) is 18.2 Å². The van der Waals surface area contributed by atoms with E-state index in [-0.39, 0.29) is 28.0 Å². The SMILES string of the molecule is CS(=O)(=O)c1ccc(OC2CCCC2)c(C(=O)N2CCN(c3ccc(C#N)cc3F)CC2)c1. The van der Waals surface area contributed by atoms with Crippen molar-refractivity contribution in [3.05, 3.63) is 53.3 Å². The minimum atomic E-state index is -3.49. The summed E-state index contributed by atoms with van der Waals surface area (Å²) in [5.41, 5.74) is 0.888. The van der Waals surface area contributed by atoms with Gasteiger partial charge in [-0.3, -0.25) is 4.79 Å². The highest BCUT2D eigenvalue weighted by Crippen LogP contribution is 2.30. The smallest absolute Gasteiger partial charge is 0.257 e. The molecule has 1 saturated heterocycles. The number of rotatable bonds is 5. The van der Waals surface area contributed by atoms with Crippen molar-refractivity contribution in [3.8, 4) is 11.8 Å². The molecule has 2 aromatic carbocycles. The Morgan fingerprint density at radius 3 is 2.39 bits per heavy atom. The van der Waals surface area contributed by atoms with Crippen LogP contribution in [0.1, 0.15) is 41.6 Å². The van der Waals surface area contributed by atoms with Crippen LogP contribution in [0.15, 0.2) is 41.3 Å². The Balaban J connectivity index is 1.53. The average Bonchev–Trinajstić information content (AvgIpc) is 3.31. The summed E-state index contributed by atoms with van der Waals surface area (Å²) in [5, 5.41) is 8.93. The molecule has 0 aromatic heterocycles. The first kappa shape index (κ1) is 23.1. The number of benzene rings is 2. The lowest BCUT2D eigenvalue weighted by atomic mass is 10.1. The Morgan fingerprint density at radius 1 is 1.09 bits per heavy atom. The molecule has 7 nitrogen and oxygen atoms in total. The van der Waals surface area contributed by atoms with Crippen LogP contribution in [-0.4, -0.2) is 57.8 Å². The number of nitriles is 1. The van der Waals surface area contributed by atoms with Crippen molar-refractivity contribution in [1.82, 2.24) is 4.90 Å². The Hall–Kier alpha value is -3.12. The zero-order chi connectivity index (χ0) is 23.6. The largest absolute Gasteiger partial charge is 0.490 e. The van der Waals surface area contributed by atoms with Crippen LogP contribution in [0.4, 0.5) is 10.1 Å². The van der Waals surface area contributed by atoms with E-state index in [9.17, 15) is 17.6 Å². The monoisotopic (exact) mass is 471 g/mol. The standard InChI is InChI=1S/C24H26FN3O4S/c1-33(30,31)19-7-9-23(32-18-4-2-3-5-18)20(15-19)24(29)28-12-10-27(11-13-28)22-8-6-17(16-26)14-21(22)25/h6-9,14-15,18H,2-5,10-13H2,1H3. The van der Waals surface area contributed by atoms with Crippen LogP contribution in [0.3, 0.4) is 0 Å². The van der Waals surface area contributed by atoms with E-state index in [0.717, 1.165) is 31.9 Å². The molecule has 0 spiro atoms. The fourth-order valence-corrected chi connectivity index (χ4v) is 5.00. The number of carbonyl (C=O) groups excluding carboxylic acids is 1. The van der Waals surface area contributed by atoms with Crippen LogP contribution in [0.25, 0.3) is 0 Å². The third-order valence-electron chi connectivity index (χ3n) is 6.19. The number of carbonyl (C=O) groups is 1. The Bertz CT molecular complexity index is 1190. The van der Waals surface area contributed by atoms with Gasteiger partial charge in [-0.1, -0.05) is 0 Å². The number of hydrogen-bond acceptors (Lipinski definition) is 6. The van der Waals surface area contributed by atoms with Gasteiger partial charge in [0.05, 0.1) is 33.9 Å². The summed E-state index contributed by atoms with van der Waals surface area (Å²) in [4.78, 5) is 16.9. The van der Waals surface area contributed by atoms with Crippen LogP contribution in [-0.2, 0) is 9.84 Å². The van der Waals surface area contributed by atoms with Gasteiger partial charge < -0.3 is 14.5 Å². The lowest BCUT2D eigenvalue weighted by Crippen LogP contribution is -2.49. The Labute approximate surface area is 193 Å². The lowest BCUT2D eigenvalue weighted by molar-refractivity contribution is 0.0739. The van der Waals surface area contributed by atoms with E-state index in [1.54, 1.807) is 23.1 Å². The van der Waals surface area contributed by atoms with Crippen molar-refractivity contribution in [2.45, 2.75) is 36.7 Å². The molecule has 9 heteroatoms. The third kappa shape index (κ3) is 5.11. The predicted octanol–water partition coefficient (Wildman–Crippen LogP) is 3.38. The molecule has 2 fully saturated rings. The Kier molecular flexibility index (Phi) is 6.56. The zero-order valence-electron chi connectivity index (χ0n) is 18.5. The molecular formula is C24H26FN3O4S.